The Morgan fingerprint density at radius 3 is 2.68 bits per heavy atom. The molecule has 0 atom stereocenters. The predicted octanol–water partition coefficient (Wildman–Crippen LogP) is 3.18. The number of rotatable bonds is 4. The monoisotopic (exact) mass is 283 g/mol. The molecule has 0 amide bonds. The molecule has 0 bridgehead atoms. The van der Waals surface area contributed by atoms with Gasteiger partial charge in [0, 0.05) is 0 Å². The van der Waals surface area contributed by atoms with Crippen molar-refractivity contribution in [1.29, 1.82) is 0 Å². The normalized spacial score (nSPS) is 10.4. The maximum atomic E-state index is 13.4. The highest BCUT2D eigenvalue weighted by molar-refractivity contribution is 7.99. The third-order valence-corrected chi connectivity index (χ3v) is 3.10. The van der Waals surface area contributed by atoms with E-state index in [2.05, 4.69) is 0 Å². The standard InChI is InChI=1S/C11H6FNO5S/c12-6-2-1-3-8(10(6)13(16)17)19-9-5-4-7(18-9)11(14)15/h1-5H,(H,14,15). The minimum atomic E-state index is -1.25. The number of aromatic carboxylic acids is 1. The molecule has 0 spiro atoms. The Balaban J connectivity index is 2.35. The number of para-hydroxylation sites is 1. The van der Waals surface area contributed by atoms with E-state index in [-0.39, 0.29) is 15.7 Å². The molecule has 0 saturated carbocycles. The Bertz CT molecular complexity index is 654. The number of hydrogen-bond acceptors (Lipinski definition) is 5. The zero-order chi connectivity index (χ0) is 14.0. The molecule has 1 N–H and O–H groups in total. The number of nitro benzene ring substituents is 1. The van der Waals surface area contributed by atoms with Gasteiger partial charge in [0.25, 0.3) is 0 Å². The first-order valence-corrected chi connectivity index (χ1v) is 5.74. The lowest BCUT2D eigenvalue weighted by Gasteiger charge is -2.00. The molecule has 2 rings (SSSR count). The van der Waals surface area contributed by atoms with Crippen LogP contribution in [-0.2, 0) is 0 Å². The van der Waals surface area contributed by atoms with E-state index < -0.39 is 22.4 Å². The fourth-order valence-electron chi connectivity index (χ4n) is 1.35. The molecular weight excluding hydrogens is 277 g/mol. The summed E-state index contributed by atoms with van der Waals surface area (Å²) in [5.74, 6) is -2.50. The van der Waals surface area contributed by atoms with Crippen molar-refractivity contribution in [3.8, 4) is 0 Å². The Kier molecular flexibility index (Phi) is 3.52. The topological polar surface area (TPSA) is 93.6 Å². The molecule has 19 heavy (non-hydrogen) atoms. The summed E-state index contributed by atoms with van der Waals surface area (Å²) in [4.78, 5) is 20.6. The van der Waals surface area contributed by atoms with E-state index in [1.165, 1.54) is 24.3 Å². The summed E-state index contributed by atoms with van der Waals surface area (Å²) in [6.07, 6.45) is 0. The summed E-state index contributed by atoms with van der Waals surface area (Å²) in [6.45, 7) is 0. The molecule has 1 aromatic heterocycles. The van der Waals surface area contributed by atoms with Crippen LogP contribution in [0.25, 0.3) is 0 Å². The van der Waals surface area contributed by atoms with Crippen molar-refractivity contribution in [2.45, 2.75) is 9.99 Å². The molecule has 1 heterocycles. The Morgan fingerprint density at radius 1 is 1.37 bits per heavy atom. The van der Waals surface area contributed by atoms with Gasteiger partial charge in [-0.05, 0) is 36.0 Å². The van der Waals surface area contributed by atoms with Crippen LogP contribution in [-0.4, -0.2) is 16.0 Å². The van der Waals surface area contributed by atoms with Gasteiger partial charge in [-0.15, -0.1) is 0 Å². The Labute approximate surface area is 110 Å². The molecule has 0 fully saturated rings. The molecule has 0 saturated heterocycles. The minimum absolute atomic E-state index is 0.0382. The largest absolute Gasteiger partial charge is 0.475 e. The van der Waals surface area contributed by atoms with Crippen molar-refractivity contribution in [1.82, 2.24) is 0 Å². The van der Waals surface area contributed by atoms with E-state index in [4.69, 9.17) is 9.52 Å². The van der Waals surface area contributed by atoms with Crippen molar-refractivity contribution in [2.24, 2.45) is 0 Å². The van der Waals surface area contributed by atoms with Crippen LogP contribution in [0.3, 0.4) is 0 Å². The molecule has 0 aliphatic carbocycles. The van der Waals surface area contributed by atoms with Crippen molar-refractivity contribution in [3.05, 3.63) is 52.0 Å². The average Bonchev–Trinajstić information content (AvgIpc) is 2.77. The number of furan rings is 1. The third kappa shape index (κ3) is 2.74. The van der Waals surface area contributed by atoms with Crippen LogP contribution in [0.4, 0.5) is 10.1 Å². The maximum Gasteiger partial charge on any atom is 0.371 e. The van der Waals surface area contributed by atoms with Crippen molar-refractivity contribution < 1.29 is 23.6 Å². The van der Waals surface area contributed by atoms with Gasteiger partial charge in [-0.2, -0.15) is 4.39 Å². The smallest absolute Gasteiger partial charge is 0.371 e. The van der Waals surface area contributed by atoms with Gasteiger partial charge < -0.3 is 9.52 Å². The van der Waals surface area contributed by atoms with E-state index in [9.17, 15) is 19.3 Å². The van der Waals surface area contributed by atoms with E-state index in [1.54, 1.807) is 0 Å². The van der Waals surface area contributed by atoms with Gasteiger partial charge >= 0.3 is 11.7 Å². The predicted molar refractivity (Wildman–Crippen MR) is 62.8 cm³/mol. The molecule has 6 nitrogen and oxygen atoms in total. The molecule has 0 radical (unpaired) electrons. The molecule has 2 aromatic rings. The van der Waals surface area contributed by atoms with Gasteiger partial charge in [0.05, 0.1) is 9.82 Å². The van der Waals surface area contributed by atoms with Crippen molar-refractivity contribution >= 4 is 23.4 Å². The van der Waals surface area contributed by atoms with Crippen LogP contribution >= 0.6 is 11.8 Å². The molecule has 0 aliphatic rings. The van der Waals surface area contributed by atoms with Gasteiger partial charge in [-0.1, -0.05) is 6.07 Å². The van der Waals surface area contributed by atoms with Crippen LogP contribution < -0.4 is 0 Å². The number of nitro groups is 1. The van der Waals surface area contributed by atoms with Crippen LogP contribution in [0.5, 0.6) is 0 Å². The average molecular weight is 283 g/mol. The van der Waals surface area contributed by atoms with Crippen LogP contribution in [0.2, 0.25) is 0 Å². The Morgan fingerprint density at radius 2 is 2.11 bits per heavy atom. The first-order valence-electron chi connectivity index (χ1n) is 4.93. The summed E-state index contributed by atoms with van der Waals surface area (Å²) in [5.41, 5.74) is -0.666. The van der Waals surface area contributed by atoms with E-state index >= 15 is 0 Å². The Hall–Kier alpha value is -2.35. The highest BCUT2D eigenvalue weighted by Gasteiger charge is 2.22. The van der Waals surface area contributed by atoms with Crippen LogP contribution in [0.1, 0.15) is 10.6 Å². The molecule has 98 valence electrons. The fraction of sp³-hybridized carbons (Fsp3) is 0. The molecule has 0 aliphatic heterocycles. The SMILES string of the molecule is O=C(O)c1ccc(Sc2cccc(F)c2[N+](=O)[O-])o1. The number of carbonyl (C=O) groups is 1. The number of nitrogens with zero attached hydrogens (tertiary/aromatic N) is 1. The summed E-state index contributed by atoms with van der Waals surface area (Å²) in [6, 6.07) is 6.23. The number of halogens is 1. The highest BCUT2D eigenvalue weighted by atomic mass is 32.2. The lowest BCUT2D eigenvalue weighted by atomic mass is 10.3. The number of carboxylic acids is 1. The number of benzene rings is 1. The summed E-state index contributed by atoms with van der Waals surface area (Å²) in [5, 5.41) is 19.6. The van der Waals surface area contributed by atoms with E-state index in [0.717, 1.165) is 17.8 Å². The van der Waals surface area contributed by atoms with Crippen LogP contribution in [0.15, 0.2) is 44.7 Å². The molecule has 0 unspecified atom stereocenters. The van der Waals surface area contributed by atoms with Gasteiger partial charge in [0.15, 0.2) is 5.09 Å². The molecule has 8 heteroatoms. The van der Waals surface area contributed by atoms with Gasteiger partial charge in [0.2, 0.25) is 11.6 Å². The second-order valence-corrected chi connectivity index (χ2v) is 4.42. The second kappa shape index (κ2) is 5.11. The van der Waals surface area contributed by atoms with Gasteiger partial charge in [0.1, 0.15) is 0 Å². The first kappa shape index (κ1) is 13.1. The third-order valence-electron chi connectivity index (χ3n) is 2.14. The zero-order valence-corrected chi connectivity index (χ0v) is 10.0. The van der Waals surface area contributed by atoms with Gasteiger partial charge in [-0.3, -0.25) is 10.1 Å². The zero-order valence-electron chi connectivity index (χ0n) is 9.20. The summed E-state index contributed by atoms with van der Waals surface area (Å²) < 4.78 is 18.3. The molecule has 1 aromatic carbocycles. The lowest BCUT2D eigenvalue weighted by Crippen LogP contribution is -1.94. The van der Waals surface area contributed by atoms with E-state index in [0.29, 0.717) is 0 Å². The molecular formula is C11H6FNO5S. The van der Waals surface area contributed by atoms with Crippen molar-refractivity contribution in [3.63, 3.8) is 0 Å². The minimum Gasteiger partial charge on any atom is -0.475 e. The maximum absolute atomic E-state index is 13.4. The fourth-order valence-corrected chi connectivity index (χ4v) is 2.25. The first-order chi connectivity index (χ1) is 8.99. The van der Waals surface area contributed by atoms with Crippen molar-refractivity contribution in [2.75, 3.05) is 0 Å². The quantitative estimate of drug-likeness (QED) is 0.684. The number of hydrogen-bond donors (Lipinski definition) is 1. The second-order valence-electron chi connectivity index (χ2n) is 3.37. The lowest BCUT2D eigenvalue weighted by molar-refractivity contribution is -0.390. The highest BCUT2D eigenvalue weighted by Crippen LogP contribution is 2.36. The van der Waals surface area contributed by atoms with E-state index in [1.807, 2.05) is 0 Å². The van der Waals surface area contributed by atoms with Gasteiger partial charge in [-0.25, -0.2) is 4.79 Å². The summed E-state index contributed by atoms with van der Waals surface area (Å²) >= 11 is 0.783. The summed E-state index contributed by atoms with van der Waals surface area (Å²) in [7, 11) is 0. The van der Waals surface area contributed by atoms with Crippen LogP contribution in [0, 0.1) is 15.9 Å². The number of carboxylic acid groups (broad SMARTS) is 1.